The third kappa shape index (κ3) is 2.74. The van der Waals surface area contributed by atoms with Gasteiger partial charge in [0.05, 0.1) is 6.04 Å². The van der Waals surface area contributed by atoms with Gasteiger partial charge in [0.15, 0.2) is 5.82 Å². The molecule has 0 saturated carbocycles. The van der Waals surface area contributed by atoms with Crippen molar-refractivity contribution in [2.24, 2.45) is 5.41 Å². The van der Waals surface area contributed by atoms with E-state index in [9.17, 15) is 0 Å². The van der Waals surface area contributed by atoms with Crippen LogP contribution in [0.2, 0.25) is 0 Å². The maximum Gasteiger partial charge on any atom is 0.150 e. The number of nitrogens with one attached hydrogen (secondary N) is 1. The molecule has 1 aromatic heterocycles. The monoisotopic (exact) mass is 250 g/mol. The van der Waals surface area contributed by atoms with Gasteiger partial charge in [0.25, 0.3) is 0 Å². The predicted molar refractivity (Wildman–Crippen MR) is 73.4 cm³/mol. The molecule has 1 atom stereocenters. The molecule has 4 heteroatoms. The molecule has 0 aliphatic carbocycles. The highest BCUT2D eigenvalue weighted by Gasteiger charge is 2.33. The van der Waals surface area contributed by atoms with E-state index in [1.165, 1.54) is 25.1 Å². The Morgan fingerprint density at radius 3 is 2.72 bits per heavy atom. The third-order valence-electron chi connectivity index (χ3n) is 3.67. The van der Waals surface area contributed by atoms with Crippen LogP contribution < -0.4 is 5.32 Å². The van der Waals surface area contributed by atoms with Crippen LogP contribution in [-0.2, 0) is 13.0 Å². The maximum absolute atomic E-state index is 4.43. The zero-order valence-corrected chi connectivity index (χ0v) is 12.2. The Labute approximate surface area is 110 Å². The standard InChI is InChI=1S/C14H26N4/c1-5-6-7-8-11-16-17-13-12(14(2,3)4)15-9-10-18(11)13/h12,15H,5-10H2,1-4H3. The van der Waals surface area contributed by atoms with Crippen molar-refractivity contribution in [3.8, 4) is 0 Å². The van der Waals surface area contributed by atoms with Crippen LogP contribution in [0.3, 0.4) is 0 Å². The lowest BCUT2D eigenvalue weighted by atomic mass is 9.85. The molecular formula is C14H26N4. The summed E-state index contributed by atoms with van der Waals surface area (Å²) in [6.07, 6.45) is 4.83. The van der Waals surface area contributed by atoms with Gasteiger partial charge < -0.3 is 9.88 Å². The fraction of sp³-hybridized carbons (Fsp3) is 0.857. The van der Waals surface area contributed by atoms with Crippen molar-refractivity contribution in [3.63, 3.8) is 0 Å². The van der Waals surface area contributed by atoms with Crippen LogP contribution >= 0.6 is 0 Å². The second kappa shape index (κ2) is 5.39. The lowest BCUT2D eigenvalue weighted by Crippen LogP contribution is -2.41. The molecule has 0 bridgehead atoms. The van der Waals surface area contributed by atoms with E-state index in [4.69, 9.17) is 0 Å². The molecule has 0 spiro atoms. The highest BCUT2D eigenvalue weighted by Crippen LogP contribution is 2.33. The Morgan fingerprint density at radius 2 is 2.06 bits per heavy atom. The molecule has 0 amide bonds. The van der Waals surface area contributed by atoms with Crippen molar-refractivity contribution in [1.29, 1.82) is 0 Å². The fourth-order valence-corrected chi connectivity index (χ4v) is 2.63. The SMILES string of the molecule is CCCCCc1nnc2n1CCNC2C(C)(C)C. The summed E-state index contributed by atoms with van der Waals surface area (Å²) < 4.78 is 2.34. The molecule has 0 saturated heterocycles. The van der Waals surface area contributed by atoms with Crippen LogP contribution in [0.5, 0.6) is 0 Å². The Kier molecular flexibility index (Phi) is 4.05. The van der Waals surface area contributed by atoms with E-state index in [0.29, 0.717) is 6.04 Å². The number of rotatable bonds is 4. The van der Waals surface area contributed by atoms with Crippen molar-refractivity contribution < 1.29 is 0 Å². The minimum atomic E-state index is 0.186. The lowest BCUT2D eigenvalue weighted by Gasteiger charge is -2.34. The van der Waals surface area contributed by atoms with E-state index in [1.54, 1.807) is 0 Å². The van der Waals surface area contributed by atoms with E-state index in [-0.39, 0.29) is 5.41 Å². The maximum atomic E-state index is 4.43. The number of unbranched alkanes of at least 4 members (excludes halogenated alkanes) is 2. The molecule has 1 N–H and O–H groups in total. The van der Waals surface area contributed by atoms with Crippen LogP contribution in [-0.4, -0.2) is 21.3 Å². The molecule has 1 unspecified atom stereocenters. The van der Waals surface area contributed by atoms with Gasteiger partial charge >= 0.3 is 0 Å². The van der Waals surface area contributed by atoms with E-state index in [1.807, 2.05) is 0 Å². The summed E-state index contributed by atoms with van der Waals surface area (Å²) in [5, 5.41) is 12.4. The molecule has 0 fully saturated rings. The quantitative estimate of drug-likeness (QED) is 0.836. The predicted octanol–water partition coefficient (Wildman–Crippen LogP) is 2.70. The van der Waals surface area contributed by atoms with Crippen LogP contribution in [0, 0.1) is 5.41 Å². The second-order valence-corrected chi connectivity index (χ2v) is 6.34. The smallest absolute Gasteiger partial charge is 0.150 e. The molecule has 1 aliphatic heterocycles. The molecular weight excluding hydrogens is 224 g/mol. The number of hydrogen-bond donors (Lipinski definition) is 1. The summed E-state index contributed by atoms with van der Waals surface area (Å²) in [5.74, 6) is 2.30. The van der Waals surface area contributed by atoms with Crippen LogP contribution in [0.4, 0.5) is 0 Å². The van der Waals surface area contributed by atoms with Gasteiger partial charge in [0.2, 0.25) is 0 Å². The van der Waals surface area contributed by atoms with E-state index < -0.39 is 0 Å². The first kappa shape index (κ1) is 13.5. The zero-order valence-electron chi connectivity index (χ0n) is 12.2. The summed E-state index contributed by atoms with van der Waals surface area (Å²) in [5.41, 5.74) is 0.186. The largest absolute Gasteiger partial charge is 0.312 e. The number of aromatic nitrogens is 3. The first-order valence-corrected chi connectivity index (χ1v) is 7.19. The Morgan fingerprint density at radius 1 is 1.28 bits per heavy atom. The van der Waals surface area contributed by atoms with E-state index >= 15 is 0 Å². The van der Waals surface area contributed by atoms with E-state index in [0.717, 1.165) is 25.3 Å². The number of nitrogens with zero attached hydrogens (tertiary/aromatic N) is 3. The third-order valence-corrected chi connectivity index (χ3v) is 3.67. The molecule has 0 radical (unpaired) electrons. The van der Waals surface area contributed by atoms with Gasteiger partial charge in [-0.1, -0.05) is 40.5 Å². The molecule has 1 aromatic rings. The highest BCUT2D eigenvalue weighted by atomic mass is 15.3. The fourth-order valence-electron chi connectivity index (χ4n) is 2.63. The van der Waals surface area contributed by atoms with Gasteiger partial charge in [0, 0.05) is 19.5 Å². The first-order chi connectivity index (χ1) is 8.54. The number of aryl methyl sites for hydroxylation is 1. The average molecular weight is 250 g/mol. The van der Waals surface area contributed by atoms with Crippen molar-refractivity contribution >= 4 is 0 Å². The van der Waals surface area contributed by atoms with Gasteiger partial charge in [-0.25, -0.2) is 0 Å². The summed E-state index contributed by atoms with van der Waals surface area (Å²) >= 11 is 0. The van der Waals surface area contributed by atoms with Crippen molar-refractivity contribution in [1.82, 2.24) is 20.1 Å². The average Bonchev–Trinajstić information content (AvgIpc) is 2.71. The molecule has 18 heavy (non-hydrogen) atoms. The summed E-state index contributed by atoms with van der Waals surface area (Å²) in [6.45, 7) is 11.0. The van der Waals surface area contributed by atoms with Crippen LogP contribution in [0.1, 0.15) is 64.6 Å². The van der Waals surface area contributed by atoms with Gasteiger partial charge in [-0.05, 0) is 11.8 Å². The Hall–Kier alpha value is -0.900. The molecule has 2 heterocycles. The summed E-state index contributed by atoms with van der Waals surface area (Å²) in [4.78, 5) is 0. The van der Waals surface area contributed by atoms with E-state index in [2.05, 4.69) is 47.8 Å². The number of hydrogen-bond acceptors (Lipinski definition) is 3. The number of fused-ring (bicyclic) bond motifs is 1. The summed E-state index contributed by atoms with van der Waals surface area (Å²) in [7, 11) is 0. The van der Waals surface area contributed by atoms with Crippen molar-refractivity contribution in [2.45, 2.75) is 66.0 Å². The van der Waals surface area contributed by atoms with Crippen molar-refractivity contribution in [3.05, 3.63) is 11.6 Å². The van der Waals surface area contributed by atoms with Crippen LogP contribution in [0.25, 0.3) is 0 Å². The minimum absolute atomic E-state index is 0.186. The molecule has 4 nitrogen and oxygen atoms in total. The Bertz CT molecular complexity index is 389. The molecule has 2 rings (SSSR count). The van der Waals surface area contributed by atoms with Gasteiger partial charge in [-0.3, -0.25) is 0 Å². The van der Waals surface area contributed by atoms with Gasteiger partial charge in [-0.15, -0.1) is 10.2 Å². The lowest BCUT2D eigenvalue weighted by molar-refractivity contribution is 0.232. The van der Waals surface area contributed by atoms with Crippen LogP contribution in [0.15, 0.2) is 0 Å². The Balaban J connectivity index is 2.16. The first-order valence-electron chi connectivity index (χ1n) is 7.19. The highest BCUT2D eigenvalue weighted by molar-refractivity contribution is 5.08. The van der Waals surface area contributed by atoms with Gasteiger partial charge in [-0.2, -0.15) is 0 Å². The minimum Gasteiger partial charge on any atom is -0.312 e. The van der Waals surface area contributed by atoms with Gasteiger partial charge in [0.1, 0.15) is 5.82 Å². The topological polar surface area (TPSA) is 42.7 Å². The van der Waals surface area contributed by atoms with Crippen molar-refractivity contribution in [2.75, 3.05) is 6.54 Å². The zero-order chi connectivity index (χ0) is 13.2. The molecule has 1 aliphatic rings. The summed E-state index contributed by atoms with van der Waals surface area (Å²) in [6, 6.07) is 0.318. The normalized spacial score (nSPS) is 19.9. The second-order valence-electron chi connectivity index (χ2n) is 6.34. The molecule has 0 aromatic carbocycles. The molecule has 102 valence electrons.